The summed E-state index contributed by atoms with van der Waals surface area (Å²) in [6, 6.07) is 4.57. The van der Waals surface area contributed by atoms with Gasteiger partial charge in [-0.3, -0.25) is 0 Å². The summed E-state index contributed by atoms with van der Waals surface area (Å²) in [7, 11) is 0. The Balaban J connectivity index is 2.59. The molecule has 2 nitrogen and oxygen atoms in total. The molecule has 0 saturated heterocycles. The van der Waals surface area contributed by atoms with Crippen molar-refractivity contribution < 1.29 is 14.2 Å². The van der Waals surface area contributed by atoms with Gasteiger partial charge in [0.1, 0.15) is 11.6 Å². The van der Waals surface area contributed by atoms with Gasteiger partial charge in [0.15, 0.2) is 0 Å². The lowest BCUT2D eigenvalue weighted by Crippen LogP contribution is -2.02. The van der Waals surface area contributed by atoms with E-state index in [4.69, 9.17) is 4.74 Å². The molecule has 0 aliphatic carbocycles. The molecule has 0 aromatic heterocycles. The van der Waals surface area contributed by atoms with Gasteiger partial charge in [-0.05, 0) is 31.4 Å². The molecule has 0 aliphatic rings. The van der Waals surface area contributed by atoms with Crippen LogP contribution in [0.3, 0.4) is 0 Å². The predicted molar refractivity (Wildman–Crippen MR) is 62.0 cm³/mol. The zero-order chi connectivity index (χ0) is 12.1. The Labute approximate surface area is 96.1 Å². The van der Waals surface area contributed by atoms with Crippen molar-refractivity contribution >= 4 is 0 Å². The Hall–Kier alpha value is -1.09. The maximum Gasteiger partial charge on any atom is 0.132 e. The van der Waals surface area contributed by atoms with E-state index in [-0.39, 0.29) is 0 Å². The topological polar surface area (TPSA) is 29.5 Å². The number of aliphatic hydroxyl groups excluding tert-OH is 1. The highest BCUT2D eigenvalue weighted by atomic mass is 19.1. The van der Waals surface area contributed by atoms with Crippen molar-refractivity contribution in [1.29, 1.82) is 0 Å². The van der Waals surface area contributed by atoms with Gasteiger partial charge < -0.3 is 9.84 Å². The SMILES string of the molecule is CC(C)CCOc1ccc([C@@H](C)O)c(F)c1. The molecule has 90 valence electrons. The van der Waals surface area contributed by atoms with Gasteiger partial charge in [-0.1, -0.05) is 13.8 Å². The van der Waals surface area contributed by atoms with E-state index in [2.05, 4.69) is 13.8 Å². The van der Waals surface area contributed by atoms with E-state index in [1.165, 1.54) is 13.0 Å². The molecule has 1 N–H and O–H groups in total. The maximum atomic E-state index is 13.4. The number of hydrogen-bond donors (Lipinski definition) is 1. The van der Waals surface area contributed by atoms with Crippen LogP contribution < -0.4 is 4.74 Å². The number of benzene rings is 1. The second kappa shape index (κ2) is 5.85. The molecule has 0 amide bonds. The van der Waals surface area contributed by atoms with E-state index in [9.17, 15) is 9.50 Å². The fourth-order valence-electron chi connectivity index (χ4n) is 1.35. The molecule has 0 unspecified atom stereocenters. The first-order valence-electron chi connectivity index (χ1n) is 5.61. The van der Waals surface area contributed by atoms with Crippen LogP contribution in [0.5, 0.6) is 5.75 Å². The second-order valence-electron chi connectivity index (χ2n) is 4.39. The van der Waals surface area contributed by atoms with Crippen molar-refractivity contribution in [2.45, 2.75) is 33.3 Å². The van der Waals surface area contributed by atoms with Crippen molar-refractivity contribution in [2.75, 3.05) is 6.61 Å². The van der Waals surface area contributed by atoms with Crippen molar-refractivity contribution in [3.8, 4) is 5.75 Å². The molecule has 0 radical (unpaired) electrons. The Morgan fingerprint density at radius 3 is 2.50 bits per heavy atom. The molecule has 1 aromatic carbocycles. The van der Waals surface area contributed by atoms with E-state index in [0.717, 1.165) is 6.42 Å². The fraction of sp³-hybridized carbons (Fsp3) is 0.538. The van der Waals surface area contributed by atoms with Crippen molar-refractivity contribution in [3.05, 3.63) is 29.6 Å². The summed E-state index contributed by atoms with van der Waals surface area (Å²) < 4.78 is 18.9. The van der Waals surface area contributed by atoms with Crippen LogP contribution in [0.4, 0.5) is 4.39 Å². The third kappa shape index (κ3) is 3.81. The molecular formula is C13H19FO2. The quantitative estimate of drug-likeness (QED) is 0.834. The van der Waals surface area contributed by atoms with E-state index in [1.807, 2.05) is 0 Å². The van der Waals surface area contributed by atoms with Crippen molar-refractivity contribution in [2.24, 2.45) is 5.92 Å². The minimum absolute atomic E-state index is 0.302. The molecule has 1 rings (SSSR count). The highest BCUT2D eigenvalue weighted by Gasteiger charge is 2.08. The van der Waals surface area contributed by atoms with Crippen LogP contribution in [0.25, 0.3) is 0 Å². The summed E-state index contributed by atoms with van der Waals surface area (Å²) in [5.74, 6) is 0.668. The van der Waals surface area contributed by atoms with Gasteiger partial charge in [-0.2, -0.15) is 0 Å². The summed E-state index contributed by atoms with van der Waals surface area (Å²) in [4.78, 5) is 0. The molecule has 0 heterocycles. The summed E-state index contributed by atoms with van der Waals surface area (Å²) in [6.07, 6.45) is 0.157. The van der Waals surface area contributed by atoms with Crippen molar-refractivity contribution in [3.63, 3.8) is 0 Å². The maximum absolute atomic E-state index is 13.4. The molecule has 1 aromatic rings. The van der Waals surface area contributed by atoms with E-state index < -0.39 is 11.9 Å². The second-order valence-corrected chi connectivity index (χ2v) is 4.39. The smallest absolute Gasteiger partial charge is 0.132 e. The third-order valence-electron chi connectivity index (χ3n) is 2.39. The zero-order valence-corrected chi connectivity index (χ0v) is 10.0. The first-order chi connectivity index (χ1) is 7.50. The lowest BCUT2D eigenvalue weighted by Gasteiger charge is -2.10. The number of rotatable bonds is 5. The first kappa shape index (κ1) is 13.0. The standard InChI is InChI=1S/C13H19FO2/c1-9(2)6-7-16-11-4-5-12(10(3)15)13(14)8-11/h4-5,8-10,15H,6-7H2,1-3H3/t10-/m1/s1. The fourth-order valence-corrected chi connectivity index (χ4v) is 1.35. The average Bonchev–Trinajstić information content (AvgIpc) is 2.16. The number of hydrogen-bond acceptors (Lipinski definition) is 2. The molecule has 16 heavy (non-hydrogen) atoms. The molecular weight excluding hydrogens is 207 g/mol. The Morgan fingerprint density at radius 2 is 2.00 bits per heavy atom. The lowest BCUT2D eigenvalue weighted by atomic mass is 10.1. The van der Waals surface area contributed by atoms with Crippen LogP contribution in [0.1, 0.15) is 38.9 Å². The lowest BCUT2D eigenvalue weighted by molar-refractivity contribution is 0.194. The third-order valence-corrected chi connectivity index (χ3v) is 2.39. The predicted octanol–water partition coefficient (Wildman–Crippen LogP) is 3.30. The molecule has 0 saturated carbocycles. The number of aliphatic hydroxyl groups is 1. The molecule has 3 heteroatoms. The van der Waals surface area contributed by atoms with Gasteiger partial charge >= 0.3 is 0 Å². The van der Waals surface area contributed by atoms with Crippen LogP contribution in [-0.4, -0.2) is 11.7 Å². The van der Waals surface area contributed by atoms with Crippen LogP contribution in [-0.2, 0) is 0 Å². The Bertz CT molecular complexity index is 335. The minimum Gasteiger partial charge on any atom is -0.493 e. The average molecular weight is 226 g/mol. The molecule has 0 fully saturated rings. The van der Waals surface area contributed by atoms with E-state index in [0.29, 0.717) is 23.8 Å². The van der Waals surface area contributed by atoms with Crippen LogP contribution >= 0.6 is 0 Å². The highest BCUT2D eigenvalue weighted by molar-refractivity contribution is 5.29. The van der Waals surface area contributed by atoms with Crippen molar-refractivity contribution in [1.82, 2.24) is 0 Å². The Morgan fingerprint density at radius 1 is 1.31 bits per heavy atom. The summed E-state index contributed by atoms with van der Waals surface area (Å²) in [5.41, 5.74) is 0.302. The van der Waals surface area contributed by atoms with Gasteiger partial charge in [0.25, 0.3) is 0 Å². The van der Waals surface area contributed by atoms with E-state index in [1.54, 1.807) is 12.1 Å². The van der Waals surface area contributed by atoms with Crippen LogP contribution in [0.15, 0.2) is 18.2 Å². The molecule has 0 spiro atoms. The van der Waals surface area contributed by atoms with Gasteiger partial charge in [-0.25, -0.2) is 4.39 Å². The normalized spacial score (nSPS) is 12.9. The molecule has 0 bridgehead atoms. The number of ether oxygens (including phenoxy) is 1. The van der Waals surface area contributed by atoms with Crippen LogP contribution in [0.2, 0.25) is 0 Å². The van der Waals surface area contributed by atoms with Gasteiger partial charge in [-0.15, -0.1) is 0 Å². The summed E-state index contributed by atoms with van der Waals surface area (Å²) in [5, 5.41) is 9.26. The Kier molecular flexibility index (Phi) is 4.74. The minimum atomic E-state index is -0.787. The number of halogens is 1. The monoisotopic (exact) mass is 226 g/mol. The molecule has 1 atom stereocenters. The van der Waals surface area contributed by atoms with Gasteiger partial charge in [0.05, 0.1) is 12.7 Å². The highest BCUT2D eigenvalue weighted by Crippen LogP contribution is 2.21. The zero-order valence-electron chi connectivity index (χ0n) is 10.0. The van der Waals surface area contributed by atoms with Crippen LogP contribution in [0, 0.1) is 11.7 Å². The van der Waals surface area contributed by atoms with Gasteiger partial charge in [0, 0.05) is 11.6 Å². The largest absolute Gasteiger partial charge is 0.493 e. The summed E-state index contributed by atoms with van der Waals surface area (Å²) in [6.45, 7) is 6.35. The first-order valence-corrected chi connectivity index (χ1v) is 5.61. The van der Waals surface area contributed by atoms with E-state index >= 15 is 0 Å². The molecule has 0 aliphatic heterocycles. The summed E-state index contributed by atoms with van der Waals surface area (Å²) >= 11 is 0. The van der Waals surface area contributed by atoms with Gasteiger partial charge in [0.2, 0.25) is 0 Å².